The molecule has 0 aliphatic heterocycles. The van der Waals surface area contributed by atoms with Crippen LogP contribution in [0.3, 0.4) is 0 Å². The molecule has 0 radical (unpaired) electrons. The Morgan fingerprint density at radius 1 is 1.12 bits per heavy atom. The highest BCUT2D eigenvalue weighted by molar-refractivity contribution is 8.00. The minimum atomic E-state index is -0.0813. The van der Waals surface area contributed by atoms with Crippen LogP contribution in [-0.2, 0) is 4.79 Å². The second-order valence-electron chi connectivity index (χ2n) is 5.61. The molecule has 0 aliphatic rings. The Kier molecular flexibility index (Phi) is 4.11. The van der Waals surface area contributed by atoms with Crippen molar-refractivity contribution in [3.05, 3.63) is 60.4 Å². The number of nitrogens with one attached hydrogen (secondary N) is 1. The van der Waals surface area contributed by atoms with Crippen LogP contribution in [0.25, 0.3) is 22.1 Å². The van der Waals surface area contributed by atoms with Gasteiger partial charge in [-0.15, -0.1) is 0 Å². The molecule has 2 aromatic heterocycles. The van der Waals surface area contributed by atoms with E-state index in [0.29, 0.717) is 10.6 Å². The summed E-state index contributed by atoms with van der Waals surface area (Å²) < 4.78 is 5.88. The van der Waals surface area contributed by atoms with Crippen molar-refractivity contribution in [1.82, 2.24) is 9.97 Å². The lowest BCUT2D eigenvalue weighted by Crippen LogP contribution is -2.14. The number of hydrogen-bond acceptors (Lipinski definition) is 5. The molecule has 1 N–H and O–H groups in total. The molecule has 6 heteroatoms. The summed E-state index contributed by atoms with van der Waals surface area (Å²) in [6, 6.07) is 15.4. The number of aromatic nitrogens is 2. The number of fused-ring (bicyclic) bond motifs is 3. The fourth-order valence-corrected chi connectivity index (χ4v) is 3.37. The van der Waals surface area contributed by atoms with Crippen LogP contribution in [0.4, 0.5) is 5.69 Å². The number of thioether (sulfide) groups is 1. The van der Waals surface area contributed by atoms with E-state index in [0.717, 1.165) is 27.7 Å². The number of benzene rings is 2. The molecule has 0 saturated carbocycles. The quantitative estimate of drug-likeness (QED) is 0.436. The van der Waals surface area contributed by atoms with E-state index in [1.54, 1.807) is 0 Å². The van der Waals surface area contributed by atoms with Gasteiger partial charge < -0.3 is 9.73 Å². The third kappa shape index (κ3) is 3.08. The van der Waals surface area contributed by atoms with Gasteiger partial charge in [0.15, 0.2) is 5.58 Å². The van der Waals surface area contributed by atoms with Crippen molar-refractivity contribution in [3.63, 3.8) is 0 Å². The number of para-hydroxylation sites is 2. The second-order valence-corrected chi connectivity index (χ2v) is 6.57. The van der Waals surface area contributed by atoms with Crippen molar-refractivity contribution in [3.8, 4) is 0 Å². The van der Waals surface area contributed by atoms with Crippen LogP contribution >= 0.6 is 11.8 Å². The van der Waals surface area contributed by atoms with Crippen LogP contribution in [0.1, 0.15) is 5.56 Å². The fourth-order valence-electron chi connectivity index (χ4n) is 2.64. The van der Waals surface area contributed by atoms with Gasteiger partial charge in [-0.25, -0.2) is 9.97 Å². The number of rotatable bonds is 4. The predicted molar refractivity (Wildman–Crippen MR) is 99.8 cm³/mol. The average molecular weight is 349 g/mol. The number of amides is 1. The van der Waals surface area contributed by atoms with Crippen molar-refractivity contribution >= 4 is 45.4 Å². The number of aryl methyl sites for hydroxylation is 1. The molecule has 4 aromatic rings. The lowest BCUT2D eigenvalue weighted by Gasteiger charge is -2.07. The van der Waals surface area contributed by atoms with Crippen LogP contribution in [0.5, 0.6) is 0 Å². The maximum Gasteiger partial charge on any atom is 0.234 e. The third-order valence-electron chi connectivity index (χ3n) is 3.88. The molecular weight excluding hydrogens is 334 g/mol. The summed E-state index contributed by atoms with van der Waals surface area (Å²) in [7, 11) is 0. The zero-order valence-electron chi connectivity index (χ0n) is 13.5. The van der Waals surface area contributed by atoms with Gasteiger partial charge in [-0.2, -0.15) is 0 Å². The summed E-state index contributed by atoms with van der Waals surface area (Å²) in [6.45, 7) is 1.96. The molecule has 0 spiro atoms. The smallest absolute Gasteiger partial charge is 0.234 e. The van der Waals surface area contributed by atoms with Crippen LogP contribution in [0.2, 0.25) is 0 Å². The van der Waals surface area contributed by atoms with Crippen LogP contribution in [0.15, 0.2) is 64.3 Å². The van der Waals surface area contributed by atoms with Gasteiger partial charge in [-0.3, -0.25) is 4.79 Å². The minimum Gasteiger partial charge on any atom is -0.451 e. The first-order valence-electron chi connectivity index (χ1n) is 7.83. The number of carbonyl (C=O) groups excluding carboxylic acids is 1. The summed E-state index contributed by atoms with van der Waals surface area (Å²) in [6.07, 6.45) is 1.51. The van der Waals surface area contributed by atoms with Crippen LogP contribution < -0.4 is 5.32 Å². The molecule has 0 bridgehead atoms. The van der Waals surface area contributed by atoms with Crippen molar-refractivity contribution in [2.45, 2.75) is 11.9 Å². The lowest BCUT2D eigenvalue weighted by molar-refractivity contribution is -0.113. The Labute approximate surface area is 148 Å². The second kappa shape index (κ2) is 6.57. The van der Waals surface area contributed by atoms with Gasteiger partial charge in [0.1, 0.15) is 22.5 Å². The van der Waals surface area contributed by atoms with Crippen molar-refractivity contribution in [2.75, 3.05) is 11.1 Å². The van der Waals surface area contributed by atoms with Gasteiger partial charge in [0.2, 0.25) is 5.91 Å². The van der Waals surface area contributed by atoms with Gasteiger partial charge in [0, 0.05) is 11.1 Å². The minimum absolute atomic E-state index is 0.0813. The molecule has 4 rings (SSSR count). The Morgan fingerprint density at radius 2 is 1.92 bits per heavy atom. The first-order chi connectivity index (χ1) is 12.2. The summed E-state index contributed by atoms with van der Waals surface area (Å²) in [5.41, 5.74) is 4.02. The Morgan fingerprint density at radius 3 is 2.80 bits per heavy atom. The summed E-state index contributed by atoms with van der Waals surface area (Å²) >= 11 is 1.34. The molecule has 0 fully saturated rings. The SMILES string of the molecule is Cc1ccccc1NC(=O)CSc1ncnc2c1oc1ccccc12. The largest absolute Gasteiger partial charge is 0.451 e. The van der Waals surface area contributed by atoms with E-state index < -0.39 is 0 Å². The fraction of sp³-hybridized carbons (Fsp3) is 0.105. The number of anilines is 1. The highest BCUT2D eigenvalue weighted by Gasteiger charge is 2.14. The highest BCUT2D eigenvalue weighted by atomic mass is 32.2. The zero-order chi connectivity index (χ0) is 17.2. The molecule has 5 nitrogen and oxygen atoms in total. The molecule has 25 heavy (non-hydrogen) atoms. The number of hydrogen-bond donors (Lipinski definition) is 1. The van der Waals surface area contributed by atoms with E-state index in [1.807, 2.05) is 55.5 Å². The van der Waals surface area contributed by atoms with Gasteiger partial charge in [-0.05, 0) is 30.7 Å². The Bertz CT molecular complexity index is 1070. The average Bonchev–Trinajstić information content (AvgIpc) is 3.01. The number of carbonyl (C=O) groups is 1. The van der Waals surface area contributed by atoms with Crippen molar-refractivity contribution < 1.29 is 9.21 Å². The predicted octanol–water partition coefficient (Wildman–Crippen LogP) is 4.42. The van der Waals surface area contributed by atoms with Gasteiger partial charge in [0.25, 0.3) is 0 Å². The zero-order valence-corrected chi connectivity index (χ0v) is 14.3. The monoisotopic (exact) mass is 349 g/mol. The van der Waals surface area contributed by atoms with Crippen molar-refractivity contribution in [1.29, 1.82) is 0 Å². The van der Waals surface area contributed by atoms with Crippen molar-refractivity contribution in [2.24, 2.45) is 0 Å². The Balaban J connectivity index is 1.55. The Hall–Kier alpha value is -2.86. The number of furan rings is 1. The third-order valence-corrected chi connectivity index (χ3v) is 4.86. The van der Waals surface area contributed by atoms with Gasteiger partial charge >= 0.3 is 0 Å². The normalized spacial score (nSPS) is 11.1. The first-order valence-corrected chi connectivity index (χ1v) is 8.81. The molecule has 2 aromatic carbocycles. The molecule has 0 aliphatic carbocycles. The van der Waals surface area contributed by atoms with E-state index in [9.17, 15) is 4.79 Å². The molecule has 0 saturated heterocycles. The molecule has 2 heterocycles. The maximum atomic E-state index is 12.2. The molecule has 124 valence electrons. The van der Waals surface area contributed by atoms with Crippen LogP contribution in [0, 0.1) is 6.92 Å². The van der Waals surface area contributed by atoms with E-state index in [2.05, 4.69) is 15.3 Å². The summed E-state index contributed by atoms with van der Waals surface area (Å²) in [4.78, 5) is 20.8. The first kappa shape index (κ1) is 15.7. The van der Waals surface area contributed by atoms with E-state index in [-0.39, 0.29) is 11.7 Å². The highest BCUT2D eigenvalue weighted by Crippen LogP contribution is 2.32. The van der Waals surface area contributed by atoms with Gasteiger partial charge in [0.05, 0.1) is 5.75 Å². The summed E-state index contributed by atoms with van der Waals surface area (Å²) in [5.74, 6) is 0.166. The molecule has 0 atom stereocenters. The topological polar surface area (TPSA) is 68.0 Å². The van der Waals surface area contributed by atoms with E-state index >= 15 is 0 Å². The maximum absolute atomic E-state index is 12.2. The summed E-state index contributed by atoms with van der Waals surface area (Å²) in [5, 5.41) is 4.54. The van der Waals surface area contributed by atoms with Gasteiger partial charge in [-0.1, -0.05) is 42.1 Å². The number of nitrogens with zero attached hydrogens (tertiary/aromatic N) is 2. The van der Waals surface area contributed by atoms with E-state index in [1.165, 1.54) is 18.1 Å². The van der Waals surface area contributed by atoms with Crippen LogP contribution in [-0.4, -0.2) is 21.6 Å². The molecule has 0 unspecified atom stereocenters. The molecule has 1 amide bonds. The standard InChI is InChI=1S/C19H15N3O2S/c1-12-6-2-4-8-14(12)22-16(23)10-25-19-18-17(20-11-21-19)13-7-3-5-9-15(13)24-18/h2-9,11H,10H2,1H3,(H,22,23). The van der Waals surface area contributed by atoms with E-state index in [4.69, 9.17) is 4.42 Å². The molecular formula is C19H15N3O2S. The lowest BCUT2D eigenvalue weighted by atomic mass is 10.2.